The quantitative estimate of drug-likeness (QED) is 0.589. The molecule has 0 fully saturated rings. The van der Waals surface area contributed by atoms with Crippen LogP contribution >= 0.6 is 46.6 Å². The van der Waals surface area contributed by atoms with E-state index in [-0.39, 0.29) is 27.5 Å². The average Bonchev–Trinajstić information content (AvgIpc) is 2.44. The number of amides is 1. The van der Waals surface area contributed by atoms with Crippen LogP contribution in [0, 0.1) is 0 Å². The number of nitrogens with one attached hydrogen (secondary N) is 1. The molecule has 0 heterocycles. The van der Waals surface area contributed by atoms with Crippen molar-refractivity contribution in [1.82, 2.24) is 0 Å². The molecule has 0 spiro atoms. The summed E-state index contributed by atoms with van der Waals surface area (Å²) in [6.07, 6.45) is 0. The summed E-state index contributed by atoms with van der Waals surface area (Å²) in [7, 11) is 0. The molecule has 3 nitrogen and oxygen atoms in total. The fourth-order valence-electron chi connectivity index (χ4n) is 1.51. The monoisotopic (exact) mass is 361 g/mol. The summed E-state index contributed by atoms with van der Waals surface area (Å²) in [6.45, 7) is 0. The molecule has 0 saturated heterocycles. The Labute approximate surface area is 141 Å². The largest absolute Gasteiger partial charge is 0.505 e. The Morgan fingerprint density at radius 3 is 2.24 bits per heavy atom. The van der Waals surface area contributed by atoms with E-state index in [4.69, 9.17) is 34.8 Å². The zero-order chi connectivity index (χ0) is 15.4. The van der Waals surface area contributed by atoms with E-state index in [0.717, 1.165) is 4.90 Å². The van der Waals surface area contributed by atoms with Gasteiger partial charge in [-0.1, -0.05) is 34.8 Å². The summed E-state index contributed by atoms with van der Waals surface area (Å²) in [5.74, 6) is -0.169. The van der Waals surface area contributed by atoms with Gasteiger partial charge in [0, 0.05) is 15.6 Å². The molecule has 110 valence electrons. The van der Waals surface area contributed by atoms with Gasteiger partial charge in [0.1, 0.15) is 0 Å². The number of phenols is 1. The molecule has 0 aromatic heterocycles. The Morgan fingerprint density at radius 1 is 1.10 bits per heavy atom. The van der Waals surface area contributed by atoms with E-state index in [0.29, 0.717) is 10.7 Å². The highest BCUT2D eigenvalue weighted by Crippen LogP contribution is 2.34. The minimum atomic E-state index is -0.202. The van der Waals surface area contributed by atoms with E-state index >= 15 is 0 Å². The molecule has 2 aromatic rings. The van der Waals surface area contributed by atoms with Crippen LogP contribution < -0.4 is 5.32 Å². The summed E-state index contributed by atoms with van der Waals surface area (Å²) >= 11 is 18.7. The molecule has 1 amide bonds. The highest BCUT2D eigenvalue weighted by molar-refractivity contribution is 8.00. The third-order valence-electron chi connectivity index (χ3n) is 2.48. The summed E-state index contributed by atoms with van der Waals surface area (Å²) in [5.41, 5.74) is 0.435. The Balaban J connectivity index is 1.94. The smallest absolute Gasteiger partial charge is 0.234 e. The lowest BCUT2D eigenvalue weighted by atomic mass is 10.3. The zero-order valence-corrected chi connectivity index (χ0v) is 13.7. The maximum atomic E-state index is 11.9. The highest BCUT2D eigenvalue weighted by atomic mass is 35.5. The fourth-order valence-corrected chi connectivity index (χ4v) is 2.83. The molecule has 0 saturated carbocycles. The van der Waals surface area contributed by atoms with Crippen LogP contribution in [0.3, 0.4) is 0 Å². The molecule has 2 rings (SSSR count). The van der Waals surface area contributed by atoms with Crippen LogP contribution in [0.5, 0.6) is 5.75 Å². The second-order valence-electron chi connectivity index (χ2n) is 4.08. The van der Waals surface area contributed by atoms with E-state index in [9.17, 15) is 9.90 Å². The molecular formula is C14H10Cl3NO2S. The van der Waals surface area contributed by atoms with Gasteiger partial charge in [-0.15, -0.1) is 11.8 Å². The van der Waals surface area contributed by atoms with Crippen LogP contribution in [-0.4, -0.2) is 16.8 Å². The lowest BCUT2D eigenvalue weighted by molar-refractivity contribution is -0.113. The van der Waals surface area contributed by atoms with Crippen LogP contribution in [0.15, 0.2) is 41.3 Å². The number of hydrogen-bond donors (Lipinski definition) is 2. The van der Waals surface area contributed by atoms with Gasteiger partial charge in [-0.2, -0.15) is 0 Å². The number of thioether (sulfide) groups is 1. The van der Waals surface area contributed by atoms with Crippen molar-refractivity contribution in [3.8, 4) is 5.75 Å². The minimum absolute atomic E-state index is 0.0863. The molecule has 2 N–H and O–H groups in total. The lowest BCUT2D eigenvalue weighted by Crippen LogP contribution is -2.13. The van der Waals surface area contributed by atoms with E-state index in [1.807, 2.05) is 12.1 Å². The molecule has 0 unspecified atom stereocenters. The number of halogens is 3. The second kappa shape index (κ2) is 7.27. The number of benzene rings is 2. The van der Waals surface area contributed by atoms with Crippen molar-refractivity contribution in [3.63, 3.8) is 0 Å². The Hall–Kier alpha value is -1.07. The van der Waals surface area contributed by atoms with Crippen LogP contribution in [0.4, 0.5) is 5.69 Å². The molecule has 2 aromatic carbocycles. The van der Waals surface area contributed by atoms with Gasteiger partial charge in [0.05, 0.1) is 15.8 Å². The number of carbonyl (C=O) groups is 1. The van der Waals surface area contributed by atoms with Crippen LogP contribution in [0.25, 0.3) is 0 Å². The molecule has 0 aliphatic carbocycles. The number of anilines is 1. The summed E-state index contributed by atoms with van der Waals surface area (Å²) in [5, 5.41) is 12.9. The van der Waals surface area contributed by atoms with Gasteiger partial charge in [-0.05, 0) is 36.4 Å². The van der Waals surface area contributed by atoms with Crippen molar-refractivity contribution in [2.24, 2.45) is 0 Å². The maximum Gasteiger partial charge on any atom is 0.234 e. The predicted octanol–water partition coefficient (Wildman–Crippen LogP) is 5.08. The van der Waals surface area contributed by atoms with E-state index in [2.05, 4.69) is 5.32 Å². The van der Waals surface area contributed by atoms with Gasteiger partial charge < -0.3 is 10.4 Å². The standard InChI is InChI=1S/C14H10Cl3NO2S/c15-8-1-3-10(4-2-8)21-7-13(19)18-9-5-11(16)14(20)12(17)6-9/h1-6,20H,7H2,(H,18,19). The normalized spacial score (nSPS) is 10.4. The second-order valence-corrected chi connectivity index (χ2v) is 6.38. The number of hydrogen-bond acceptors (Lipinski definition) is 3. The Bertz CT molecular complexity index is 639. The summed E-state index contributed by atoms with van der Waals surface area (Å²) in [6, 6.07) is 10.1. The first-order chi connectivity index (χ1) is 9.95. The van der Waals surface area contributed by atoms with Crippen LogP contribution in [-0.2, 0) is 4.79 Å². The summed E-state index contributed by atoms with van der Waals surface area (Å²) in [4.78, 5) is 12.8. The van der Waals surface area contributed by atoms with Gasteiger partial charge >= 0.3 is 0 Å². The number of aromatic hydroxyl groups is 1. The van der Waals surface area contributed by atoms with E-state index in [1.165, 1.54) is 23.9 Å². The Kier molecular flexibility index (Phi) is 5.65. The molecule has 21 heavy (non-hydrogen) atoms. The SMILES string of the molecule is O=C(CSc1ccc(Cl)cc1)Nc1cc(Cl)c(O)c(Cl)c1. The topological polar surface area (TPSA) is 49.3 Å². The molecule has 0 radical (unpaired) electrons. The predicted molar refractivity (Wildman–Crippen MR) is 88.9 cm³/mol. The van der Waals surface area contributed by atoms with Crippen molar-refractivity contribution < 1.29 is 9.90 Å². The van der Waals surface area contributed by atoms with Gasteiger partial charge in [0.2, 0.25) is 5.91 Å². The number of phenolic OH excluding ortho intramolecular Hbond substituents is 1. The maximum absolute atomic E-state index is 11.9. The molecule has 0 bridgehead atoms. The van der Waals surface area contributed by atoms with Gasteiger partial charge in [0.25, 0.3) is 0 Å². The highest BCUT2D eigenvalue weighted by Gasteiger charge is 2.09. The van der Waals surface area contributed by atoms with E-state index < -0.39 is 0 Å². The van der Waals surface area contributed by atoms with Crippen LogP contribution in [0.2, 0.25) is 15.1 Å². The molecule has 0 aliphatic heterocycles. The minimum Gasteiger partial charge on any atom is -0.505 e. The average molecular weight is 363 g/mol. The first kappa shape index (κ1) is 16.3. The Morgan fingerprint density at radius 2 is 1.67 bits per heavy atom. The fraction of sp³-hybridized carbons (Fsp3) is 0.0714. The van der Waals surface area contributed by atoms with Crippen molar-refractivity contribution in [2.45, 2.75) is 4.90 Å². The van der Waals surface area contributed by atoms with Gasteiger partial charge in [-0.25, -0.2) is 0 Å². The van der Waals surface area contributed by atoms with Crippen molar-refractivity contribution in [2.75, 3.05) is 11.1 Å². The van der Waals surface area contributed by atoms with Crippen LogP contribution in [0.1, 0.15) is 0 Å². The van der Waals surface area contributed by atoms with Gasteiger partial charge in [-0.3, -0.25) is 4.79 Å². The first-order valence-corrected chi connectivity index (χ1v) is 7.94. The third-order valence-corrected chi connectivity index (χ3v) is 4.32. The van der Waals surface area contributed by atoms with Crippen molar-refractivity contribution >= 4 is 58.2 Å². The number of rotatable bonds is 4. The zero-order valence-electron chi connectivity index (χ0n) is 10.6. The number of carbonyl (C=O) groups excluding carboxylic acids is 1. The molecule has 7 heteroatoms. The third kappa shape index (κ3) is 4.71. The molecule has 0 atom stereocenters. The first-order valence-electron chi connectivity index (χ1n) is 5.82. The molecule has 0 aliphatic rings. The molecular weight excluding hydrogens is 353 g/mol. The van der Waals surface area contributed by atoms with Crippen molar-refractivity contribution in [3.05, 3.63) is 51.5 Å². The van der Waals surface area contributed by atoms with Gasteiger partial charge in [0.15, 0.2) is 5.75 Å². The summed E-state index contributed by atoms with van der Waals surface area (Å²) < 4.78 is 0. The van der Waals surface area contributed by atoms with E-state index in [1.54, 1.807) is 12.1 Å². The lowest BCUT2D eigenvalue weighted by Gasteiger charge is -2.08. The van der Waals surface area contributed by atoms with Crippen molar-refractivity contribution in [1.29, 1.82) is 0 Å².